The van der Waals surface area contributed by atoms with Crippen LogP contribution in [0.2, 0.25) is 0 Å². The molecule has 63 heavy (non-hydrogen) atoms. The van der Waals surface area contributed by atoms with Crippen LogP contribution in [-0.4, -0.2) is 101 Å². The molecule has 0 aromatic heterocycles. The first-order valence-corrected chi connectivity index (χ1v) is 20.7. The number of imide groups is 1. The molecule has 0 saturated heterocycles. The molecular formula is C47H54N6O10. The third-order valence-corrected chi connectivity index (χ3v) is 9.69. The molecule has 0 spiro atoms. The van der Waals surface area contributed by atoms with E-state index in [0.29, 0.717) is 35.0 Å². The maximum atomic E-state index is 14.1. The van der Waals surface area contributed by atoms with Gasteiger partial charge in [0.15, 0.2) is 12.1 Å². The number of nitrogens with zero attached hydrogens (tertiary/aromatic N) is 3. The van der Waals surface area contributed by atoms with Crippen LogP contribution in [0.1, 0.15) is 90.6 Å². The maximum absolute atomic E-state index is 14.1. The molecule has 2 heterocycles. The van der Waals surface area contributed by atoms with Crippen molar-refractivity contribution >= 4 is 35.9 Å². The summed E-state index contributed by atoms with van der Waals surface area (Å²) in [6.07, 6.45) is -3.56. The topological polar surface area (TPSA) is 189 Å². The van der Waals surface area contributed by atoms with Gasteiger partial charge in [0.2, 0.25) is 6.10 Å². The van der Waals surface area contributed by atoms with Gasteiger partial charge >= 0.3 is 18.2 Å². The molecule has 0 radical (unpaired) electrons. The van der Waals surface area contributed by atoms with Crippen LogP contribution in [0.3, 0.4) is 0 Å². The molecule has 0 bridgehead atoms. The number of nitrogens with one attached hydrogen (secondary N) is 3. The summed E-state index contributed by atoms with van der Waals surface area (Å²) in [5.74, 6) is -1.77. The largest absolute Gasteiger partial charge is 0.490 e. The van der Waals surface area contributed by atoms with Crippen LogP contribution in [0.4, 0.5) is 9.59 Å². The number of carbonyl (C=O) groups excluding carboxylic acids is 5. The van der Waals surface area contributed by atoms with Gasteiger partial charge < -0.3 is 39.4 Å². The van der Waals surface area contributed by atoms with E-state index in [1.165, 1.54) is 12.1 Å². The zero-order valence-electron chi connectivity index (χ0n) is 36.3. The Hall–Kier alpha value is -6.94. The number of alkyl carbamates (subject to hydrolysis) is 2. The molecule has 1 atom stereocenters. The predicted molar refractivity (Wildman–Crippen MR) is 232 cm³/mol. The number of fused-ring (bicyclic) bond motifs is 2. The summed E-state index contributed by atoms with van der Waals surface area (Å²) in [5.41, 5.74) is 2.11. The minimum absolute atomic E-state index is 0.146. The highest BCUT2D eigenvalue weighted by atomic mass is 16.7. The van der Waals surface area contributed by atoms with Gasteiger partial charge in [0.25, 0.3) is 11.8 Å². The van der Waals surface area contributed by atoms with Crippen LogP contribution >= 0.6 is 0 Å². The number of hydroxylamine groups is 2. The van der Waals surface area contributed by atoms with E-state index in [2.05, 4.69) is 10.6 Å². The zero-order chi connectivity index (χ0) is 45.3. The minimum atomic E-state index is -1.56. The first kappa shape index (κ1) is 45.6. The van der Waals surface area contributed by atoms with E-state index in [-0.39, 0.29) is 43.3 Å². The Morgan fingerprint density at radius 2 is 1.19 bits per heavy atom. The van der Waals surface area contributed by atoms with Crippen LogP contribution in [0.5, 0.6) is 5.75 Å². The van der Waals surface area contributed by atoms with Crippen LogP contribution < -0.4 is 15.4 Å². The van der Waals surface area contributed by atoms with Crippen LogP contribution in [0.15, 0.2) is 103 Å². The van der Waals surface area contributed by atoms with E-state index < -0.39 is 60.0 Å². The second-order valence-corrected chi connectivity index (χ2v) is 16.9. The number of ether oxygens (including phenoxy) is 4. The van der Waals surface area contributed by atoms with Crippen LogP contribution in [0.25, 0.3) is 0 Å². The molecule has 4 amide bonds. The number of hydrogen-bond acceptors (Lipinski definition) is 11. The van der Waals surface area contributed by atoms with E-state index in [4.69, 9.17) is 23.8 Å². The Morgan fingerprint density at radius 1 is 0.698 bits per heavy atom. The van der Waals surface area contributed by atoms with Gasteiger partial charge in [-0.2, -0.15) is 0 Å². The number of carbonyl (C=O) groups is 5. The molecule has 3 N–H and O–H groups in total. The van der Waals surface area contributed by atoms with Gasteiger partial charge in [0.1, 0.15) is 23.6 Å². The molecule has 0 aliphatic carbocycles. The lowest BCUT2D eigenvalue weighted by Crippen LogP contribution is -2.48. The van der Waals surface area contributed by atoms with E-state index in [1.807, 2.05) is 71.6 Å². The Morgan fingerprint density at radius 3 is 1.70 bits per heavy atom. The lowest BCUT2D eigenvalue weighted by Gasteiger charge is -2.31. The second kappa shape index (κ2) is 19.8. The van der Waals surface area contributed by atoms with E-state index in [9.17, 15) is 29.4 Å². The summed E-state index contributed by atoms with van der Waals surface area (Å²) in [5, 5.41) is 15.2. The van der Waals surface area contributed by atoms with Crippen molar-refractivity contribution in [2.75, 3.05) is 32.8 Å². The molecular weight excluding hydrogens is 809 g/mol. The number of benzene rings is 4. The number of esters is 1. The Labute approximate surface area is 366 Å². The van der Waals surface area contributed by atoms with Gasteiger partial charge in [-0.05, 0) is 88.1 Å². The van der Waals surface area contributed by atoms with E-state index in [1.54, 1.807) is 70.7 Å². The summed E-state index contributed by atoms with van der Waals surface area (Å²) in [6.45, 7) is 11.7. The van der Waals surface area contributed by atoms with Gasteiger partial charge in [0, 0.05) is 39.3 Å². The van der Waals surface area contributed by atoms with Crippen molar-refractivity contribution < 1.29 is 47.8 Å². The highest BCUT2D eigenvalue weighted by Crippen LogP contribution is 2.30. The molecule has 332 valence electrons. The lowest BCUT2D eigenvalue weighted by atomic mass is 10.0. The van der Waals surface area contributed by atoms with Gasteiger partial charge in [0.05, 0.1) is 11.1 Å². The molecule has 0 unspecified atom stereocenters. The average Bonchev–Trinajstić information content (AvgIpc) is 3.77. The fraction of sp³-hybridized carbons (Fsp3) is 0.362. The number of guanidine groups is 1. The lowest BCUT2D eigenvalue weighted by molar-refractivity contribution is -0.187. The Bertz CT molecular complexity index is 2180. The molecule has 0 saturated carbocycles. The monoisotopic (exact) mass is 862 g/mol. The Balaban J connectivity index is 1.15. The summed E-state index contributed by atoms with van der Waals surface area (Å²) >= 11 is 0. The van der Waals surface area contributed by atoms with Gasteiger partial charge in [-0.15, -0.1) is 5.06 Å². The fourth-order valence-corrected chi connectivity index (χ4v) is 6.83. The fourth-order valence-electron chi connectivity index (χ4n) is 6.83. The van der Waals surface area contributed by atoms with Crippen molar-refractivity contribution in [2.45, 2.75) is 78.0 Å². The van der Waals surface area contributed by atoms with Gasteiger partial charge in [-0.3, -0.25) is 15.0 Å². The van der Waals surface area contributed by atoms with E-state index in [0.717, 1.165) is 11.1 Å². The molecule has 16 heteroatoms. The standard InChI is InChI=1S/C47H54N6O10/c1-46(2,3)61-44(57)49-23-25-51(26-24-50-45(58)62-47(4,5)6)43(48)52-28-33-21-22-35(27-34(33)29-52)59-30-38(63-53-40(54)36-19-13-14-20-37(36)41(53)55)42(56)60-39(31-15-9-7-10-16-31)32-17-11-8-12-18-32/h7-22,27,38-39,48H,23-26,28-30H2,1-6H3,(H,49,57)(H,50,58)/t38-/m0/s1. The smallest absolute Gasteiger partial charge is 0.407 e. The predicted octanol–water partition coefficient (Wildman–Crippen LogP) is 6.60. The molecule has 2 aliphatic heterocycles. The van der Waals surface area contributed by atoms with Crippen molar-refractivity contribution in [3.05, 3.63) is 137 Å². The summed E-state index contributed by atoms with van der Waals surface area (Å²) in [4.78, 5) is 75.1. The molecule has 4 aromatic rings. The SMILES string of the molecule is CC(C)(C)OC(=O)NCCN(CCNC(=O)OC(C)(C)C)C(=N)N1Cc2ccc(OC[C@H](ON3C(=O)c4ccccc4C3=O)C(=O)OC(c3ccccc3)c3ccccc3)cc2C1. The van der Waals surface area contributed by atoms with Crippen LogP contribution in [0, 0.1) is 5.41 Å². The number of rotatable bonds is 15. The first-order chi connectivity index (χ1) is 30.0. The van der Waals surface area contributed by atoms with Gasteiger partial charge in [-0.25, -0.2) is 19.2 Å². The van der Waals surface area contributed by atoms with Crippen molar-refractivity contribution in [1.29, 1.82) is 5.41 Å². The highest BCUT2D eigenvalue weighted by molar-refractivity contribution is 6.20. The van der Waals surface area contributed by atoms with Crippen LogP contribution in [-0.2, 0) is 36.9 Å². The molecule has 4 aromatic carbocycles. The van der Waals surface area contributed by atoms with Crippen molar-refractivity contribution in [2.24, 2.45) is 0 Å². The maximum Gasteiger partial charge on any atom is 0.407 e. The third kappa shape index (κ3) is 12.3. The number of hydrogen-bond donors (Lipinski definition) is 3. The van der Waals surface area contributed by atoms with Crippen molar-refractivity contribution in [3.8, 4) is 5.75 Å². The minimum Gasteiger partial charge on any atom is -0.490 e. The first-order valence-electron chi connectivity index (χ1n) is 20.7. The summed E-state index contributed by atoms with van der Waals surface area (Å²) in [6, 6.07) is 30.0. The Kier molecular flexibility index (Phi) is 14.4. The van der Waals surface area contributed by atoms with Gasteiger partial charge in [-0.1, -0.05) is 78.9 Å². The second-order valence-electron chi connectivity index (χ2n) is 16.9. The average molecular weight is 863 g/mol. The molecule has 0 fully saturated rings. The van der Waals surface area contributed by atoms with Crippen molar-refractivity contribution in [3.63, 3.8) is 0 Å². The molecule has 16 nitrogen and oxygen atoms in total. The van der Waals surface area contributed by atoms with Crippen molar-refractivity contribution in [1.82, 2.24) is 25.5 Å². The number of amides is 4. The summed E-state index contributed by atoms with van der Waals surface area (Å²) < 4.78 is 23.0. The molecule has 2 aliphatic rings. The third-order valence-electron chi connectivity index (χ3n) is 9.69. The highest BCUT2D eigenvalue weighted by Gasteiger charge is 2.41. The normalized spacial score (nSPS) is 13.8. The summed E-state index contributed by atoms with van der Waals surface area (Å²) in [7, 11) is 0. The quantitative estimate of drug-likeness (QED) is 0.0383. The molecule has 6 rings (SSSR count). The van der Waals surface area contributed by atoms with E-state index >= 15 is 0 Å². The zero-order valence-corrected chi connectivity index (χ0v) is 36.3.